The molecule has 0 aliphatic carbocycles. The van der Waals surface area contributed by atoms with E-state index in [1.54, 1.807) is 60.7 Å². The van der Waals surface area contributed by atoms with E-state index in [1.165, 1.54) is 0 Å². The maximum Gasteiger partial charge on any atom is 0.255 e. The lowest BCUT2D eigenvalue weighted by Gasteiger charge is -2.15. The molecule has 0 spiro atoms. The lowest BCUT2D eigenvalue weighted by molar-refractivity contribution is 0.0923. The molecule has 0 saturated carbocycles. The highest BCUT2D eigenvalue weighted by Crippen LogP contribution is 2.43. The number of sulfonamides is 2. The van der Waals surface area contributed by atoms with Crippen LogP contribution in [0.15, 0.2) is 82.6 Å². The molecule has 0 aliphatic rings. The van der Waals surface area contributed by atoms with Crippen LogP contribution in [0, 0.1) is 0 Å². The van der Waals surface area contributed by atoms with Crippen LogP contribution < -0.4 is 20.1 Å². The van der Waals surface area contributed by atoms with Crippen molar-refractivity contribution >= 4 is 31.9 Å². The summed E-state index contributed by atoms with van der Waals surface area (Å²) >= 11 is 0. The Bertz CT molecular complexity index is 1940. The third kappa shape index (κ3) is 8.72. The average Bonchev–Trinajstić information content (AvgIpc) is 3.08. The van der Waals surface area contributed by atoms with Gasteiger partial charge < -0.3 is 41.3 Å². The molecule has 0 bridgehead atoms. The van der Waals surface area contributed by atoms with E-state index in [9.17, 15) is 57.1 Å². The number of benzene rings is 4. The van der Waals surface area contributed by atoms with Gasteiger partial charge in [-0.3, -0.25) is 9.59 Å². The number of rotatable bonds is 15. The van der Waals surface area contributed by atoms with Crippen molar-refractivity contribution in [3.8, 4) is 34.5 Å². The fourth-order valence-corrected chi connectivity index (χ4v) is 6.95. The zero-order chi connectivity index (χ0) is 36.6. The monoisotopic (exact) mass is 730 g/mol. The number of hydrogen-bond donors (Lipinski definition) is 10. The number of phenols is 6. The molecule has 0 fully saturated rings. The van der Waals surface area contributed by atoms with Gasteiger partial charge in [0.05, 0.1) is 11.1 Å². The summed E-state index contributed by atoms with van der Waals surface area (Å²) in [6.07, 6.45) is 0.572. The lowest BCUT2D eigenvalue weighted by atomic mass is 10.1. The van der Waals surface area contributed by atoms with Crippen molar-refractivity contribution in [2.45, 2.75) is 22.6 Å². The molecule has 0 atom stereocenters. The Kier molecular flexibility index (Phi) is 11.8. The molecule has 266 valence electrons. The lowest BCUT2D eigenvalue weighted by Crippen LogP contribution is -2.35. The van der Waals surface area contributed by atoms with Crippen molar-refractivity contribution < 1.29 is 57.1 Å². The van der Waals surface area contributed by atoms with Gasteiger partial charge in [0, 0.05) is 26.2 Å². The Labute approximate surface area is 286 Å². The van der Waals surface area contributed by atoms with Crippen LogP contribution in [0.1, 0.15) is 31.8 Å². The maximum atomic E-state index is 12.9. The van der Waals surface area contributed by atoms with Crippen LogP contribution >= 0.6 is 0 Å². The Morgan fingerprint density at radius 2 is 0.820 bits per heavy atom. The van der Waals surface area contributed by atoms with Gasteiger partial charge in [-0.25, -0.2) is 26.3 Å². The molecule has 0 heterocycles. The molecule has 0 unspecified atom stereocenters. The third-order valence-electron chi connectivity index (χ3n) is 7.29. The minimum absolute atomic E-state index is 0.0960. The normalized spacial score (nSPS) is 11.6. The van der Waals surface area contributed by atoms with E-state index < -0.39 is 87.3 Å². The van der Waals surface area contributed by atoms with Crippen LogP contribution in [-0.2, 0) is 32.9 Å². The van der Waals surface area contributed by atoms with Gasteiger partial charge in [0.1, 0.15) is 9.79 Å². The molecule has 0 aromatic heterocycles. The van der Waals surface area contributed by atoms with Crippen LogP contribution in [0.25, 0.3) is 0 Å². The van der Waals surface area contributed by atoms with Gasteiger partial charge in [0.15, 0.2) is 23.0 Å². The van der Waals surface area contributed by atoms with Crippen LogP contribution in [0.5, 0.6) is 34.5 Å². The molecule has 2 amide bonds. The second kappa shape index (κ2) is 15.8. The van der Waals surface area contributed by atoms with Gasteiger partial charge in [0.25, 0.3) is 11.8 Å². The highest BCUT2D eigenvalue weighted by Gasteiger charge is 2.29. The zero-order valence-electron chi connectivity index (χ0n) is 26.1. The summed E-state index contributed by atoms with van der Waals surface area (Å²) < 4.78 is 56.0. The van der Waals surface area contributed by atoms with Gasteiger partial charge in [-0.05, 0) is 36.1 Å². The molecule has 0 radical (unpaired) electrons. The van der Waals surface area contributed by atoms with E-state index in [-0.39, 0.29) is 39.0 Å². The van der Waals surface area contributed by atoms with E-state index in [2.05, 4.69) is 20.1 Å². The first-order valence-electron chi connectivity index (χ1n) is 14.8. The van der Waals surface area contributed by atoms with Crippen molar-refractivity contribution in [1.82, 2.24) is 20.1 Å². The van der Waals surface area contributed by atoms with Crippen LogP contribution in [0.3, 0.4) is 0 Å². The minimum Gasteiger partial charge on any atom is -0.504 e. The summed E-state index contributed by atoms with van der Waals surface area (Å²) in [5.74, 6) is -9.40. The second-order valence-electron chi connectivity index (χ2n) is 10.7. The SMILES string of the molecule is O=C(NCCNC(=O)c1cc(S(=O)(=O)NCCc2ccccc2)c(O)c(O)c1O)c1cc(S(=O)(=O)NCCc2ccccc2)c(O)c(O)c1O. The summed E-state index contributed by atoms with van der Waals surface area (Å²) in [6.45, 7) is -0.970. The van der Waals surface area contributed by atoms with Gasteiger partial charge >= 0.3 is 0 Å². The molecule has 18 heteroatoms. The van der Waals surface area contributed by atoms with Gasteiger partial charge in [0.2, 0.25) is 31.5 Å². The first-order chi connectivity index (χ1) is 23.6. The summed E-state index contributed by atoms with van der Waals surface area (Å²) in [7, 11) is -8.97. The fraction of sp³-hybridized carbons (Fsp3) is 0.188. The van der Waals surface area contributed by atoms with Crippen LogP contribution in [-0.4, -0.2) is 85.5 Å². The largest absolute Gasteiger partial charge is 0.504 e. The third-order valence-corrected chi connectivity index (χ3v) is 10.2. The predicted octanol–water partition coefficient (Wildman–Crippen LogP) is 1.12. The molecule has 50 heavy (non-hydrogen) atoms. The molecule has 4 aromatic rings. The highest BCUT2D eigenvalue weighted by atomic mass is 32.2. The molecular weight excluding hydrogens is 697 g/mol. The molecule has 4 rings (SSSR count). The Hall–Kier alpha value is -5.56. The summed E-state index contributed by atoms with van der Waals surface area (Å²) in [5.41, 5.74) is 0.167. The van der Waals surface area contributed by atoms with Crippen LogP contribution in [0.2, 0.25) is 0 Å². The number of phenolic OH excluding ortho intramolecular Hbond substituents is 6. The Balaban J connectivity index is 1.40. The number of carbonyl (C=O) groups is 2. The number of hydrogen-bond acceptors (Lipinski definition) is 12. The van der Waals surface area contributed by atoms with Gasteiger partial charge in [-0.1, -0.05) is 60.7 Å². The molecule has 4 aromatic carbocycles. The quantitative estimate of drug-likeness (QED) is 0.0609. The van der Waals surface area contributed by atoms with Crippen molar-refractivity contribution in [3.63, 3.8) is 0 Å². The standard InChI is InChI=1S/C32H34N4O12S2/c37-25-21(17-23(27(39)29(25)41)49(45,46)35-13-11-19-7-3-1-4-8-19)31(43)33-15-16-34-32(44)22-18-24(28(40)30(42)26(22)38)50(47,48)36-14-12-20-9-5-2-6-10-20/h1-10,17-18,35-42H,11-16H2,(H,33,43)(H,34,44). The minimum atomic E-state index is -4.48. The molecular formula is C32H34N4O12S2. The molecule has 0 aliphatic heterocycles. The summed E-state index contributed by atoms with van der Waals surface area (Å²) in [6, 6.07) is 19.0. The van der Waals surface area contributed by atoms with E-state index >= 15 is 0 Å². The van der Waals surface area contributed by atoms with E-state index in [0.717, 1.165) is 11.1 Å². The topological polar surface area (TPSA) is 272 Å². The Morgan fingerprint density at radius 1 is 0.480 bits per heavy atom. The molecule has 0 saturated heterocycles. The van der Waals surface area contributed by atoms with Gasteiger partial charge in [-0.2, -0.15) is 0 Å². The number of amides is 2. The van der Waals surface area contributed by atoms with E-state index in [1.807, 2.05) is 0 Å². The average molecular weight is 731 g/mol. The molecule has 10 N–H and O–H groups in total. The van der Waals surface area contributed by atoms with Crippen molar-refractivity contribution in [2.24, 2.45) is 0 Å². The fourth-order valence-electron chi connectivity index (χ4n) is 4.65. The Morgan fingerprint density at radius 3 is 1.16 bits per heavy atom. The number of nitrogens with one attached hydrogen (secondary N) is 4. The second-order valence-corrected chi connectivity index (χ2v) is 14.2. The van der Waals surface area contributed by atoms with Crippen LogP contribution in [0.4, 0.5) is 0 Å². The van der Waals surface area contributed by atoms with E-state index in [0.29, 0.717) is 12.1 Å². The smallest absolute Gasteiger partial charge is 0.255 e. The van der Waals surface area contributed by atoms with Crippen molar-refractivity contribution in [2.75, 3.05) is 26.2 Å². The van der Waals surface area contributed by atoms with Crippen molar-refractivity contribution in [1.29, 1.82) is 0 Å². The first kappa shape index (κ1) is 37.3. The van der Waals surface area contributed by atoms with E-state index in [4.69, 9.17) is 0 Å². The maximum absolute atomic E-state index is 12.9. The first-order valence-corrected chi connectivity index (χ1v) is 17.8. The number of carbonyl (C=O) groups excluding carboxylic acids is 2. The number of aromatic hydroxyl groups is 6. The van der Waals surface area contributed by atoms with Gasteiger partial charge in [-0.15, -0.1) is 0 Å². The predicted molar refractivity (Wildman–Crippen MR) is 178 cm³/mol. The summed E-state index contributed by atoms with van der Waals surface area (Å²) in [4.78, 5) is 23.9. The molecule has 16 nitrogen and oxygen atoms in total. The summed E-state index contributed by atoms with van der Waals surface area (Å²) in [5, 5.41) is 65.8. The zero-order valence-corrected chi connectivity index (χ0v) is 27.8. The highest BCUT2D eigenvalue weighted by molar-refractivity contribution is 7.90. The van der Waals surface area contributed by atoms with Crippen molar-refractivity contribution in [3.05, 3.63) is 95.1 Å².